The van der Waals surface area contributed by atoms with Gasteiger partial charge in [-0.15, -0.1) is 0 Å². The molecular weight excluding hydrogens is 174 g/mol. The van der Waals surface area contributed by atoms with Crippen LogP contribution in [0.15, 0.2) is 0 Å². The van der Waals surface area contributed by atoms with Crippen LogP contribution in [-0.4, -0.2) is 56.1 Å². The number of hydrogen-bond acceptors (Lipinski definition) is 3. The molecule has 1 atom stereocenters. The Bertz CT molecular complexity index is 151. The highest BCUT2D eigenvalue weighted by atomic mass is 15.1. The maximum atomic E-state index is 5.77. The second-order valence-electron chi connectivity index (χ2n) is 4.95. The van der Waals surface area contributed by atoms with Gasteiger partial charge in [-0.3, -0.25) is 0 Å². The molecule has 0 radical (unpaired) electrons. The molecular formula is C11H25N3. The highest BCUT2D eigenvalue weighted by molar-refractivity contribution is 4.73. The molecule has 1 saturated heterocycles. The summed E-state index contributed by atoms with van der Waals surface area (Å²) in [6.07, 6.45) is 2.69. The van der Waals surface area contributed by atoms with Crippen molar-refractivity contribution in [3.05, 3.63) is 0 Å². The third-order valence-electron chi connectivity index (χ3n) is 3.01. The maximum absolute atomic E-state index is 5.77. The molecule has 84 valence electrons. The Morgan fingerprint density at radius 2 is 2.00 bits per heavy atom. The van der Waals surface area contributed by atoms with Crippen molar-refractivity contribution in [2.75, 3.05) is 40.3 Å². The van der Waals surface area contributed by atoms with Gasteiger partial charge in [0.25, 0.3) is 0 Å². The summed E-state index contributed by atoms with van der Waals surface area (Å²) in [6, 6.07) is 0.297. The minimum absolute atomic E-state index is 0.297. The Balaban J connectivity index is 2.17. The van der Waals surface area contributed by atoms with Gasteiger partial charge in [0.2, 0.25) is 0 Å². The molecule has 0 spiro atoms. The lowest BCUT2D eigenvalue weighted by Crippen LogP contribution is -2.39. The summed E-state index contributed by atoms with van der Waals surface area (Å²) in [6.45, 7) is 6.83. The average Bonchev–Trinajstić information content (AvgIpc) is 2.07. The molecule has 1 aliphatic rings. The summed E-state index contributed by atoms with van der Waals surface area (Å²) < 4.78 is 0. The maximum Gasteiger partial charge on any atom is 0.0139 e. The van der Waals surface area contributed by atoms with Crippen LogP contribution in [0.4, 0.5) is 0 Å². The zero-order valence-electron chi connectivity index (χ0n) is 9.87. The number of piperidine rings is 1. The van der Waals surface area contributed by atoms with E-state index in [1.807, 2.05) is 0 Å². The van der Waals surface area contributed by atoms with Crippen molar-refractivity contribution in [3.63, 3.8) is 0 Å². The molecule has 1 fully saturated rings. The normalized spacial score (nSPS) is 22.9. The zero-order valence-corrected chi connectivity index (χ0v) is 9.87. The van der Waals surface area contributed by atoms with Crippen LogP contribution < -0.4 is 5.73 Å². The highest BCUT2D eigenvalue weighted by Crippen LogP contribution is 2.16. The van der Waals surface area contributed by atoms with Crippen molar-refractivity contribution in [3.8, 4) is 0 Å². The molecule has 0 aromatic heterocycles. The monoisotopic (exact) mass is 199 g/mol. The van der Waals surface area contributed by atoms with Crippen molar-refractivity contribution >= 4 is 0 Å². The summed E-state index contributed by atoms with van der Waals surface area (Å²) in [7, 11) is 4.39. The fourth-order valence-electron chi connectivity index (χ4n) is 2.25. The molecule has 3 nitrogen and oxygen atoms in total. The molecule has 3 heteroatoms. The number of nitrogens with zero attached hydrogens (tertiary/aromatic N) is 2. The Hall–Kier alpha value is -0.120. The van der Waals surface area contributed by atoms with E-state index in [1.54, 1.807) is 0 Å². The summed E-state index contributed by atoms with van der Waals surface area (Å²) in [5.41, 5.74) is 5.77. The van der Waals surface area contributed by atoms with E-state index in [0.29, 0.717) is 6.04 Å². The number of hydrogen-bond donors (Lipinski definition) is 1. The highest BCUT2D eigenvalue weighted by Gasteiger charge is 2.18. The van der Waals surface area contributed by atoms with E-state index < -0.39 is 0 Å². The van der Waals surface area contributed by atoms with Gasteiger partial charge in [0.15, 0.2) is 0 Å². The lowest BCUT2D eigenvalue weighted by molar-refractivity contribution is 0.173. The fourth-order valence-corrected chi connectivity index (χ4v) is 2.25. The van der Waals surface area contributed by atoms with Gasteiger partial charge in [0, 0.05) is 19.1 Å². The van der Waals surface area contributed by atoms with E-state index in [4.69, 9.17) is 5.73 Å². The third-order valence-corrected chi connectivity index (χ3v) is 3.01. The van der Waals surface area contributed by atoms with Gasteiger partial charge in [-0.25, -0.2) is 0 Å². The lowest BCUT2D eigenvalue weighted by atomic mass is 9.96. The second kappa shape index (κ2) is 5.69. The number of nitrogens with two attached hydrogens (primary N) is 1. The quantitative estimate of drug-likeness (QED) is 0.720. The Kier molecular flexibility index (Phi) is 4.85. The molecule has 1 rings (SSSR count). The summed E-state index contributed by atoms with van der Waals surface area (Å²) in [4.78, 5) is 4.79. The van der Waals surface area contributed by atoms with Gasteiger partial charge in [0.05, 0.1) is 0 Å². The lowest BCUT2D eigenvalue weighted by Gasteiger charge is -2.32. The number of likely N-dealkylation sites (N-methyl/N-ethyl adjacent to an activating group) is 1. The molecule has 0 bridgehead atoms. The predicted molar refractivity (Wildman–Crippen MR) is 61.4 cm³/mol. The molecule has 0 unspecified atom stereocenters. The molecule has 0 aromatic carbocycles. The van der Waals surface area contributed by atoms with E-state index in [2.05, 4.69) is 30.8 Å². The van der Waals surface area contributed by atoms with Crippen LogP contribution in [0.5, 0.6) is 0 Å². The second-order valence-corrected chi connectivity index (χ2v) is 4.95. The largest absolute Gasteiger partial charge is 0.327 e. The Labute approximate surface area is 88.2 Å². The summed E-state index contributed by atoms with van der Waals surface area (Å²) >= 11 is 0. The number of likely N-dealkylation sites (tertiary alicyclic amines) is 1. The smallest absolute Gasteiger partial charge is 0.0139 e. The topological polar surface area (TPSA) is 32.5 Å². The van der Waals surface area contributed by atoms with Crippen LogP contribution in [0.25, 0.3) is 0 Å². The number of rotatable bonds is 4. The van der Waals surface area contributed by atoms with Gasteiger partial charge < -0.3 is 15.5 Å². The van der Waals surface area contributed by atoms with Crippen LogP contribution in [0, 0.1) is 5.92 Å². The Morgan fingerprint density at radius 3 is 2.50 bits per heavy atom. The first-order valence-corrected chi connectivity index (χ1v) is 5.70. The van der Waals surface area contributed by atoms with Gasteiger partial charge >= 0.3 is 0 Å². The van der Waals surface area contributed by atoms with Crippen LogP contribution >= 0.6 is 0 Å². The van der Waals surface area contributed by atoms with Crippen molar-refractivity contribution in [2.45, 2.75) is 25.8 Å². The van der Waals surface area contributed by atoms with E-state index in [9.17, 15) is 0 Å². The van der Waals surface area contributed by atoms with Crippen molar-refractivity contribution in [1.82, 2.24) is 9.80 Å². The van der Waals surface area contributed by atoms with Crippen LogP contribution in [-0.2, 0) is 0 Å². The van der Waals surface area contributed by atoms with E-state index in [0.717, 1.165) is 12.5 Å². The molecule has 0 amide bonds. The van der Waals surface area contributed by atoms with Gasteiger partial charge in [-0.1, -0.05) is 0 Å². The first-order valence-electron chi connectivity index (χ1n) is 5.70. The summed E-state index contributed by atoms with van der Waals surface area (Å²) in [5.74, 6) is 0.884. The molecule has 0 aliphatic carbocycles. The van der Waals surface area contributed by atoms with Crippen molar-refractivity contribution < 1.29 is 0 Å². The van der Waals surface area contributed by atoms with E-state index >= 15 is 0 Å². The summed E-state index contributed by atoms with van der Waals surface area (Å²) in [5, 5.41) is 0. The molecule has 1 heterocycles. The standard InChI is InChI=1S/C11H25N3/c1-10(12)8-14(3)9-11-4-6-13(2)7-5-11/h10-11H,4-9,12H2,1-3H3/t10-/m0/s1. The third kappa shape index (κ3) is 4.40. The zero-order chi connectivity index (χ0) is 10.6. The van der Waals surface area contributed by atoms with Crippen molar-refractivity contribution in [1.29, 1.82) is 0 Å². The van der Waals surface area contributed by atoms with Crippen molar-refractivity contribution in [2.24, 2.45) is 11.7 Å². The Morgan fingerprint density at radius 1 is 1.43 bits per heavy atom. The molecule has 2 N–H and O–H groups in total. The molecule has 14 heavy (non-hydrogen) atoms. The first-order chi connectivity index (χ1) is 6.58. The van der Waals surface area contributed by atoms with E-state index in [1.165, 1.54) is 32.5 Å². The average molecular weight is 199 g/mol. The molecule has 0 aromatic rings. The molecule has 1 aliphatic heterocycles. The van der Waals surface area contributed by atoms with Crippen LogP contribution in [0.1, 0.15) is 19.8 Å². The predicted octanol–water partition coefficient (Wildman–Crippen LogP) is 0.607. The minimum atomic E-state index is 0.297. The van der Waals surface area contributed by atoms with Gasteiger partial charge in [-0.05, 0) is 52.9 Å². The molecule has 0 saturated carbocycles. The minimum Gasteiger partial charge on any atom is -0.327 e. The van der Waals surface area contributed by atoms with Gasteiger partial charge in [-0.2, -0.15) is 0 Å². The van der Waals surface area contributed by atoms with Crippen LogP contribution in [0.2, 0.25) is 0 Å². The van der Waals surface area contributed by atoms with Crippen LogP contribution in [0.3, 0.4) is 0 Å². The van der Waals surface area contributed by atoms with E-state index in [-0.39, 0.29) is 0 Å². The fraction of sp³-hybridized carbons (Fsp3) is 1.00. The SMILES string of the molecule is C[C@H](N)CN(C)CC1CCN(C)CC1. The van der Waals surface area contributed by atoms with Gasteiger partial charge in [0.1, 0.15) is 0 Å². The first kappa shape index (κ1) is 12.0.